The SMILES string of the molecule is CCCN(C(=O)OCC1c2ccccc2-c2ccccc21)C1(C(=O)O)CCN2CCC1C2. The fourth-order valence-electron chi connectivity index (χ4n) is 6.06. The zero-order valence-corrected chi connectivity index (χ0v) is 18.5. The Morgan fingerprint density at radius 2 is 1.75 bits per heavy atom. The molecule has 6 nitrogen and oxygen atoms in total. The van der Waals surface area contributed by atoms with Crippen molar-refractivity contribution in [2.45, 2.75) is 37.6 Å². The summed E-state index contributed by atoms with van der Waals surface area (Å²) in [5, 5.41) is 10.3. The van der Waals surface area contributed by atoms with Crippen LogP contribution in [0.4, 0.5) is 4.79 Å². The Labute approximate surface area is 188 Å². The van der Waals surface area contributed by atoms with Crippen molar-refractivity contribution in [2.24, 2.45) is 5.92 Å². The summed E-state index contributed by atoms with van der Waals surface area (Å²) in [5.74, 6) is -0.990. The minimum atomic E-state index is -1.18. The summed E-state index contributed by atoms with van der Waals surface area (Å²) in [4.78, 5) is 29.9. The number of carboxylic acid groups (broad SMARTS) is 1. The van der Waals surface area contributed by atoms with Gasteiger partial charge in [0.05, 0.1) is 0 Å². The summed E-state index contributed by atoms with van der Waals surface area (Å²) in [6.45, 7) is 4.93. The average molecular weight is 435 g/mol. The second-order valence-electron chi connectivity index (χ2n) is 9.22. The molecule has 2 aromatic rings. The van der Waals surface area contributed by atoms with E-state index in [1.54, 1.807) is 0 Å². The van der Waals surface area contributed by atoms with E-state index in [9.17, 15) is 14.7 Å². The Kier molecular flexibility index (Phi) is 5.41. The first-order chi connectivity index (χ1) is 15.6. The highest BCUT2D eigenvalue weighted by Crippen LogP contribution is 2.45. The zero-order chi connectivity index (χ0) is 22.3. The van der Waals surface area contributed by atoms with E-state index in [0.29, 0.717) is 25.9 Å². The molecule has 1 N–H and O–H groups in total. The van der Waals surface area contributed by atoms with E-state index in [4.69, 9.17) is 4.74 Å². The molecule has 2 saturated heterocycles. The summed E-state index contributed by atoms with van der Waals surface area (Å²) >= 11 is 0. The second kappa shape index (κ2) is 8.24. The number of carbonyl (C=O) groups excluding carboxylic acids is 1. The van der Waals surface area contributed by atoms with Crippen LogP contribution in [0, 0.1) is 5.92 Å². The molecule has 0 aromatic heterocycles. The molecule has 2 aliphatic heterocycles. The molecule has 1 aliphatic carbocycles. The number of carbonyl (C=O) groups is 2. The molecule has 2 bridgehead atoms. The minimum Gasteiger partial charge on any atom is -0.479 e. The highest BCUT2D eigenvalue weighted by Gasteiger charge is 2.57. The van der Waals surface area contributed by atoms with Gasteiger partial charge in [-0.1, -0.05) is 55.5 Å². The van der Waals surface area contributed by atoms with Crippen molar-refractivity contribution in [2.75, 3.05) is 32.8 Å². The van der Waals surface area contributed by atoms with Crippen molar-refractivity contribution in [1.82, 2.24) is 9.80 Å². The van der Waals surface area contributed by atoms with E-state index >= 15 is 0 Å². The van der Waals surface area contributed by atoms with Gasteiger partial charge < -0.3 is 14.7 Å². The first-order valence-corrected chi connectivity index (χ1v) is 11.6. The number of fused-ring (bicyclic) bond motifs is 5. The monoisotopic (exact) mass is 434 g/mol. The Morgan fingerprint density at radius 3 is 2.38 bits per heavy atom. The van der Waals surface area contributed by atoms with Crippen molar-refractivity contribution in [3.05, 3.63) is 59.7 Å². The van der Waals surface area contributed by atoms with Crippen molar-refractivity contribution < 1.29 is 19.4 Å². The molecule has 0 radical (unpaired) electrons. The molecule has 3 unspecified atom stereocenters. The zero-order valence-electron chi connectivity index (χ0n) is 18.5. The van der Waals surface area contributed by atoms with Crippen molar-refractivity contribution >= 4 is 12.1 Å². The molecule has 0 saturated carbocycles. The van der Waals surface area contributed by atoms with Crippen LogP contribution in [0.5, 0.6) is 0 Å². The summed E-state index contributed by atoms with van der Waals surface area (Å²) < 4.78 is 5.90. The van der Waals surface area contributed by atoms with E-state index < -0.39 is 17.6 Å². The molecule has 168 valence electrons. The van der Waals surface area contributed by atoms with Gasteiger partial charge in [0.1, 0.15) is 12.1 Å². The lowest BCUT2D eigenvalue weighted by atomic mass is 9.77. The molecule has 0 spiro atoms. The predicted octanol–water partition coefficient (Wildman–Crippen LogP) is 4.20. The molecule has 32 heavy (non-hydrogen) atoms. The van der Waals surface area contributed by atoms with E-state index in [1.807, 2.05) is 31.2 Å². The molecule has 2 aromatic carbocycles. The molecule has 6 heteroatoms. The maximum atomic E-state index is 13.4. The van der Waals surface area contributed by atoms with E-state index in [1.165, 1.54) is 16.0 Å². The number of piperidine rings is 1. The van der Waals surface area contributed by atoms with Gasteiger partial charge in [-0.05, 0) is 48.1 Å². The third-order valence-corrected chi connectivity index (χ3v) is 7.61. The predicted molar refractivity (Wildman–Crippen MR) is 122 cm³/mol. The number of benzene rings is 2. The van der Waals surface area contributed by atoms with Gasteiger partial charge in [-0.25, -0.2) is 9.59 Å². The Balaban J connectivity index is 1.40. The fraction of sp³-hybridized carbons (Fsp3) is 0.462. The lowest BCUT2D eigenvalue weighted by Crippen LogP contribution is -2.64. The van der Waals surface area contributed by atoms with Crippen LogP contribution in [0.1, 0.15) is 43.2 Å². The highest BCUT2D eigenvalue weighted by atomic mass is 16.6. The maximum absolute atomic E-state index is 13.4. The molecule has 2 fully saturated rings. The number of ether oxygens (including phenoxy) is 1. The van der Waals surface area contributed by atoms with Crippen LogP contribution in [0.2, 0.25) is 0 Å². The number of aliphatic carboxylic acids is 1. The van der Waals surface area contributed by atoms with Gasteiger partial charge in [-0.3, -0.25) is 4.90 Å². The van der Waals surface area contributed by atoms with Crippen molar-refractivity contribution in [3.63, 3.8) is 0 Å². The maximum Gasteiger partial charge on any atom is 0.410 e. The molecular weight excluding hydrogens is 404 g/mol. The Hall–Kier alpha value is -2.86. The van der Waals surface area contributed by atoms with Crippen molar-refractivity contribution in [1.29, 1.82) is 0 Å². The van der Waals surface area contributed by atoms with Gasteiger partial charge in [0, 0.05) is 31.5 Å². The minimum absolute atomic E-state index is 0.0380. The normalized spacial score (nSPS) is 25.8. The molecule has 5 rings (SSSR count). The molecule has 1 amide bonds. The van der Waals surface area contributed by atoms with Crippen LogP contribution in [-0.2, 0) is 9.53 Å². The van der Waals surface area contributed by atoms with Gasteiger partial charge in [-0.15, -0.1) is 0 Å². The van der Waals surface area contributed by atoms with Crippen LogP contribution < -0.4 is 0 Å². The molecular formula is C26H30N2O4. The summed E-state index contributed by atoms with van der Waals surface area (Å²) in [6.07, 6.45) is 1.45. The van der Waals surface area contributed by atoms with Crippen molar-refractivity contribution in [3.8, 4) is 11.1 Å². The van der Waals surface area contributed by atoms with E-state index in [2.05, 4.69) is 29.2 Å². The summed E-state index contributed by atoms with van der Waals surface area (Å²) in [5.41, 5.74) is 3.48. The third kappa shape index (κ3) is 3.20. The number of amides is 1. The van der Waals surface area contributed by atoms with E-state index in [-0.39, 0.29) is 18.4 Å². The molecule has 3 atom stereocenters. The topological polar surface area (TPSA) is 70.1 Å². The first-order valence-electron chi connectivity index (χ1n) is 11.6. The first kappa shape index (κ1) is 21.0. The number of rotatable bonds is 6. The van der Waals surface area contributed by atoms with E-state index in [0.717, 1.165) is 30.6 Å². The van der Waals surface area contributed by atoms with Gasteiger partial charge in [0.25, 0.3) is 0 Å². The Bertz CT molecular complexity index is 992. The van der Waals surface area contributed by atoms with Crippen LogP contribution in [-0.4, -0.2) is 65.3 Å². The van der Waals surface area contributed by atoms with Gasteiger partial charge in [0.15, 0.2) is 0 Å². The summed E-state index contributed by atoms with van der Waals surface area (Å²) in [6, 6.07) is 16.5. The highest BCUT2D eigenvalue weighted by molar-refractivity contribution is 5.85. The second-order valence-corrected chi connectivity index (χ2v) is 9.22. The largest absolute Gasteiger partial charge is 0.479 e. The smallest absolute Gasteiger partial charge is 0.410 e. The molecule has 2 heterocycles. The lowest BCUT2D eigenvalue weighted by molar-refractivity contribution is -0.157. The quantitative estimate of drug-likeness (QED) is 0.738. The number of carboxylic acids is 1. The van der Waals surface area contributed by atoms with Crippen LogP contribution in [0.25, 0.3) is 11.1 Å². The number of hydrogen-bond acceptors (Lipinski definition) is 4. The fourth-order valence-corrected chi connectivity index (χ4v) is 6.06. The van der Waals surface area contributed by atoms with Gasteiger partial charge in [-0.2, -0.15) is 0 Å². The standard InChI is InChI=1S/C26H30N2O4/c1-2-13-28(26(24(29)30)12-15-27-14-11-18(26)16-27)25(31)32-17-23-21-9-5-3-7-19(21)20-8-4-6-10-22(20)23/h3-10,18,23H,2,11-17H2,1H3,(H,29,30). The molecule has 3 aliphatic rings. The van der Waals surface area contributed by atoms with Crippen LogP contribution in [0.3, 0.4) is 0 Å². The van der Waals surface area contributed by atoms with Gasteiger partial charge >= 0.3 is 12.1 Å². The third-order valence-electron chi connectivity index (χ3n) is 7.61. The summed E-state index contributed by atoms with van der Waals surface area (Å²) in [7, 11) is 0. The van der Waals surface area contributed by atoms with Crippen LogP contribution >= 0.6 is 0 Å². The Morgan fingerprint density at radius 1 is 1.09 bits per heavy atom. The number of nitrogens with zero attached hydrogens (tertiary/aromatic N) is 2. The number of hydrogen-bond donors (Lipinski definition) is 1. The average Bonchev–Trinajstić information content (AvgIpc) is 3.36. The lowest BCUT2D eigenvalue weighted by Gasteiger charge is -2.46. The van der Waals surface area contributed by atoms with Gasteiger partial charge in [0.2, 0.25) is 0 Å². The van der Waals surface area contributed by atoms with Crippen LogP contribution in [0.15, 0.2) is 48.5 Å².